The molecule has 0 spiro atoms. The van der Waals surface area contributed by atoms with Crippen LogP contribution >= 0.6 is 11.8 Å². The fraction of sp³-hybridized carbons (Fsp3) is 0.500. The van der Waals surface area contributed by atoms with Crippen LogP contribution in [0.5, 0.6) is 0 Å². The summed E-state index contributed by atoms with van der Waals surface area (Å²) in [6.07, 6.45) is 2.06. The largest absolute Gasteiger partial charge is 0.325 e. The smallest absolute Gasteiger partial charge is 0.241 e. The summed E-state index contributed by atoms with van der Waals surface area (Å²) in [5, 5.41) is 6.19. The van der Waals surface area contributed by atoms with Gasteiger partial charge >= 0.3 is 0 Å². The third-order valence-corrected chi connectivity index (χ3v) is 3.50. The lowest BCUT2D eigenvalue weighted by atomic mass is 10.2. The summed E-state index contributed by atoms with van der Waals surface area (Å²) in [6, 6.07) is 7.97. The molecule has 1 amide bonds. The maximum absolute atomic E-state index is 12.0. The minimum atomic E-state index is -0.187. The first-order valence-corrected chi connectivity index (χ1v) is 7.55. The second-order valence-corrected chi connectivity index (χ2v) is 5.51. The van der Waals surface area contributed by atoms with Crippen LogP contribution in [0.25, 0.3) is 0 Å². The van der Waals surface area contributed by atoms with Crippen molar-refractivity contribution < 1.29 is 4.79 Å². The maximum atomic E-state index is 12.0. The van der Waals surface area contributed by atoms with E-state index in [1.807, 2.05) is 38.1 Å². The van der Waals surface area contributed by atoms with Crippen molar-refractivity contribution in [2.24, 2.45) is 0 Å². The first-order chi connectivity index (χ1) is 8.52. The van der Waals surface area contributed by atoms with Crippen LogP contribution < -0.4 is 10.6 Å². The van der Waals surface area contributed by atoms with Crippen LogP contribution in [0.4, 0.5) is 5.69 Å². The van der Waals surface area contributed by atoms with Gasteiger partial charge in [-0.25, -0.2) is 0 Å². The number of amides is 1. The van der Waals surface area contributed by atoms with Gasteiger partial charge in [-0.05, 0) is 39.2 Å². The number of aryl methyl sites for hydroxylation is 1. The van der Waals surface area contributed by atoms with Crippen molar-refractivity contribution in [3.05, 3.63) is 29.8 Å². The lowest BCUT2D eigenvalue weighted by Crippen LogP contribution is -2.43. The zero-order valence-corrected chi connectivity index (χ0v) is 12.3. The quantitative estimate of drug-likeness (QED) is 0.831. The maximum Gasteiger partial charge on any atom is 0.241 e. The van der Waals surface area contributed by atoms with E-state index in [4.69, 9.17) is 0 Å². The Morgan fingerprint density at radius 2 is 1.89 bits per heavy atom. The van der Waals surface area contributed by atoms with Gasteiger partial charge in [-0.2, -0.15) is 11.8 Å². The summed E-state index contributed by atoms with van der Waals surface area (Å²) in [5.74, 6) is 1.01. The molecule has 2 N–H and O–H groups in total. The summed E-state index contributed by atoms with van der Waals surface area (Å²) in [4.78, 5) is 12.0. The van der Waals surface area contributed by atoms with Crippen molar-refractivity contribution in [2.75, 3.05) is 17.3 Å². The van der Waals surface area contributed by atoms with Gasteiger partial charge in [0.05, 0.1) is 6.04 Å². The van der Waals surface area contributed by atoms with Crippen molar-refractivity contribution in [3.8, 4) is 0 Å². The molecule has 1 rings (SSSR count). The van der Waals surface area contributed by atoms with Crippen LogP contribution in [0, 0.1) is 6.92 Å². The molecule has 0 aromatic heterocycles. The topological polar surface area (TPSA) is 41.1 Å². The third kappa shape index (κ3) is 5.10. The standard InChI is InChI=1S/C14H22N2OS/c1-10-5-7-13(8-6-10)16-14(17)12(3)15-11(2)9-18-4/h5-8,11-12,15H,9H2,1-4H3,(H,16,17). The predicted octanol–water partition coefficient (Wildman–Crippen LogP) is 2.66. The molecule has 0 saturated heterocycles. The fourth-order valence-corrected chi connectivity index (χ4v) is 2.28. The number of benzene rings is 1. The lowest BCUT2D eigenvalue weighted by Gasteiger charge is -2.19. The predicted molar refractivity (Wildman–Crippen MR) is 80.3 cm³/mol. The van der Waals surface area contributed by atoms with E-state index < -0.39 is 0 Å². The number of nitrogens with one attached hydrogen (secondary N) is 2. The molecule has 0 bridgehead atoms. The highest BCUT2D eigenvalue weighted by atomic mass is 32.2. The third-order valence-electron chi connectivity index (χ3n) is 2.66. The Labute approximate surface area is 114 Å². The highest BCUT2D eigenvalue weighted by Crippen LogP contribution is 2.09. The van der Waals surface area contributed by atoms with Crippen LogP contribution in [-0.4, -0.2) is 30.0 Å². The monoisotopic (exact) mass is 266 g/mol. The minimum Gasteiger partial charge on any atom is -0.325 e. The number of rotatable bonds is 6. The van der Waals surface area contributed by atoms with Gasteiger partial charge in [0.25, 0.3) is 0 Å². The average molecular weight is 266 g/mol. The van der Waals surface area contributed by atoms with Crippen molar-refractivity contribution in [2.45, 2.75) is 32.9 Å². The molecule has 1 aromatic rings. The SMILES string of the molecule is CSCC(C)NC(C)C(=O)Nc1ccc(C)cc1. The Hall–Kier alpha value is -1.00. The number of thioether (sulfide) groups is 1. The van der Waals surface area contributed by atoms with Crippen molar-refractivity contribution in [1.29, 1.82) is 0 Å². The molecule has 0 radical (unpaired) electrons. The Morgan fingerprint density at radius 1 is 1.28 bits per heavy atom. The first-order valence-electron chi connectivity index (χ1n) is 6.15. The van der Waals surface area contributed by atoms with Gasteiger partial charge in [0.1, 0.15) is 0 Å². The van der Waals surface area contributed by atoms with Crippen LogP contribution in [0.3, 0.4) is 0 Å². The molecular formula is C14H22N2OS. The van der Waals surface area contributed by atoms with Crippen LogP contribution in [0.15, 0.2) is 24.3 Å². The summed E-state index contributed by atoms with van der Waals surface area (Å²) in [6.45, 7) is 6.01. The molecule has 18 heavy (non-hydrogen) atoms. The summed E-state index contributed by atoms with van der Waals surface area (Å²) in [5.41, 5.74) is 2.03. The molecule has 0 saturated carbocycles. The highest BCUT2D eigenvalue weighted by molar-refractivity contribution is 7.98. The fourth-order valence-electron chi connectivity index (χ4n) is 1.69. The number of carbonyl (C=O) groups is 1. The van der Waals surface area contributed by atoms with E-state index in [0.29, 0.717) is 6.04 Å². The van der Waals surface area contributed by atoms with Gasteiger partial charge in [-0.15, -0.1) is 0 Å². The molecule has 100 valence electrons. The van der Waals surface area contributed by atoms with Crippen molar-refractivity contribution in [3.63, 3.8) is 0 Å². The molecule has 1 aromatic carbocycles. The van der Waals surface area contributed by atoms with Gasteiger partial charge in [0.2, 0.25) is 5.91 Å². The van der Waals surface area contributed by atoms with Gasteiger partial charge < -0.3 is 10.6 Å². The second-order valence-electron chi connectivity index (χ2n) is 4.60. The Kier molecular flexibility index (Phi) is 6.22. The Morgan fingerprint density at radius 3 is 2.44 bits per heavy atom. The zero-order valence-electron chi connectivity index (χ0n) is 11.5. The van der Waals surface area contributed by atoms with E-state index in [2.05, 4.69) is 23.8 Å². The normalized spacial score (nSPS) is 14.0. The van der Waals surface area contributed by atoms with E-state index in [9.17, 15) is 4.79 Å². The highest BCUT2D eigenvalue weighted by Gasteiger charge is 2.14. The molecule has 0 fully saturated rings. The van der Waals surface area contributed by atoms with Crippen molar-refractivity contribution in [1.82, 2.24) is 5.32 Å². The summed E-state index contributed by atoms with van der Waals surface area (Å²) < 4.78 is 0. The molecule has 0 aliphatic carbocycles. The molecule has 3 nitrogen and oxygen atoms in total. The van der Waals surface area contributed by atoms with E-state index in [0.717, 1.165) is 11.4 Å². The van der Waals surface area contributed by atoms with Gasteiger partial charge in [0.15, 0.2) is 0 Å². The second kappa shape index (κ2) is 7.44. The molecule has 0 aliphatic heterocycles. The number of hydrogen-bond donors (Lipinski definition) is 2. The number of hydrogen-bond acceptors (Lipinski definition) is 3. The summed E-state index contributed by atoms with van der Waals surface area (Å²) in [7, 11) is 0. The van der Waals surface area contributed by atoms with E-state index in [-0.39, 0.29) is 11.9 Å². The first kappa shape index (κ1) is 15.1. The van der Waals surface area contributed by atoms with Gasteiger partial charge in [-0.1, -0.05) is 17.7 Å². The Bertz CT molecular complexity index is 378. The van der Waals surface area contributed by atoms with Crippen molar-refractivity contribution >= 4 is 23.4 Å². The summed E-state index contributed by atoms with van der Waals surface area (Å²) >= 11 is 1.77. The molecule has 4 heteroatoms. The zero-order chi connectivity index (χ0) is 13.5. The number of carbonyl (C=O) groups excluding carboxylic acids is 1. The van der Waals surface area contributed by atoms with Crippen LogP contribution in [0.2, 0.25) is 0 Å². The number of anilines is 1. The van der Waals surface area contributed by atoms with Gasteiger partial charge in [0, 0.05) is 17.5 Å². The van der Waals surface area contributed by atoms with Crippen LogP contribution in [0.1, 0.15) is 19.4 Å². The molecule has 0 heterocycles. The van der Waals surface area contributed by atoms with E-state index in [1.165, 1.54) is 5.56 Å². The average Bonchev–Trinajstić information content (AvgIpc) is 2.32. The molecule has 2 unspecified atom stereocenters. The van der Waals surface area contributed by atoms with Gasteiger partial charge in [-0.3, -0.25) is 4.79 Å². The Balaban J connectivity index is 2.46. The van der Waals surface area contributed by atoms with Crippen LogP contribution in [-0.2, 0) is 4.79 Å². The van der Waals surface area contributed by atoms with E-state index in [1.54, 1.807) is 11.8 Å². The van der Waals surface area contributed by atoms with E-state index >= 15 is 0 Å². The molecule has 2 atom stereocenters. The molecular weight excluding hydrogens is 244 g/mol. The molecule has 0 aliphatic rings. The lowest BCUT2D eigenvalue weighted by molar-refractivity contribution is -0.117. The minimum absolute atomic E-state index is 0.00630.